The Morgan fingerprint density at radius 3 is 1.39 bits per heavy atom. The Kier molecular flexibility index (Phi) is 11.0. The van der Waals surface area contributed by atoms with Gasteiger partial charge in [0.05, 0.1) is 7.11 Å². The van der Waals surface area contributed by atoms with Crippen LogP contribution in [0.15, 0.2) is 66.2 Å². The molecule has 0 atom stereocenters. The van der Waals surface area contributed by atoms with Gasteiger partial charge in [0.15, 0.2) is 0 Å². The lowest BCUT2D eigenvalue weighted by Gasteiger charge is -2.12. The highest BCUT2D eigenvalue weighted by Gasteiger charge is 2.14. The van der Waals surface area contributed by atoms with Gasteiger partial charge in [-0.2, -0.15) is 0 Å². The van der Waals surface area contributed by atoms with Gasteiger partial charge in [-0.25, -0.2) is 4.79 Å². The molecule has 0 radical (unpaired) electrons. The van der Waals surface area contributed by atoms with Crippen LogP contribution in [0.25, 0.3) is 5.57 Å². The predicted molar refractivity (Wildman–Crippen MR) is 99.3 cm³/mol. The summed E-state index contributed by atoms with van der Waals surface area (Å²) < 4.78 is 4.84. The van der Waals surface area contributed by atoms with E-state index in [0.717, 1.165) is 16.7 Å². The molecule has 0 amide bonds. The fraction of sp³-hybridized carbons (Fsp3) is 0.286. The summed E-state index contributed by atoms with van der Waals surface area (Å²) in [5.74, 6) is -0.303. The highest BCUT2D eigenvalue weighted by Crippen LogP contribution is 2.27. The Labute approximate surface area is 140 Å². The molecule has 2 aromatic rings. The molecule has 0 spiro atoms. The van der Waals surface area contributed by atoms with E-state index >= 15 is 0 Å². The molecule has 0 aliphatic carbocycles. The largest absolute Gasteiger partial charge is 0.466 e. The highest BCUT2D eigenvalue weighted by atomic mass is 16.5. The van der Waals surface area contributed by atoms with E-state index in [1.807, 2.05) is 88.4 Å². The van der Waals surface area contributed by atoms with E-state index in [0.29, 0.717) is 5.57 Å². The molecule has 0 heterocycles. The Morgan fingerprint density at radius 2 is 1.09 bits per heavy atom. The van der Waals surface area contributed by atoms with Crippen LogP contribution in [0.1, 0.15) is 45.7 Å². The first-order valence-corrected chi connectivity index (χ1v) is 8.14. The minimum absolute atomic E-state index is 0.303. The Morgan fingerprint density at radius 1 is 0.739 bits per heavy atom. The Balaban J connectivity index is 0.00000112. The lowest BCUT2D eigenvalue weighted by atomic mass is 9.94. The molecule has 0 saturated carbocycles. The zero-order chi connectivity index (χ0) is 17.7. The summed E-state index contributed by atoms with van der Waals surface area (Å²) in [4.78, 5) is 11.8. The second-order valence-corrected chi connectivity index (χ2v) is 4.22. The van der Waals surface area contributed by atoms with E-state index in [4.69, 9.17) is 4.74 Å². The van der Waals surface area contributed by atoms with Gasteiger partial charge in [-0.3, -0.25) is 0 Å². The van der Waals surface area contributed by atoms with Gasteiger partial charge in [0, 0.05) is 5.57 Å². The molecule has 0 N–H and O–H groups in total. The number of methoxy groups -OCH3 is 1. The van der Waals surface area contributed by atoms with Crippen molar-refractivity contribution in [3.8, 4) is 0 Å². The fourth-order valence-corrected chi connectivity index (χ4v) is 2.06. The minimum atomic E-state index is -0.303. The van der Waals surface area contributed by atoms with Crippen molar-refractivity contribution in [1.82, 2.24) is 0 Å². The highest BCUT2D eigenvalue weighted by molar-refractivity contribution is 6.01. The van der Waals surface area contributed by atoms with Crippen LogP contribution in [0.5, 0.6) is 0 Å². The molecule has 0 aromatic heterocycles. The van der Waals surface area contributed by atoms with Crippen LogP contribution in [0.4, 0.5) is 0 Å². The zero-order valence-corrected chi connectivity index (χ0v) is 15.1. The van der Waals surface area contributed by atoms with Crippen LogP contribution in [0.3, 0.4) is 0 Å². The third-order valence-electron chi connectivity index (χ3n) is 2.99. The smallest absolute Gasteiger partial charge is 0.334 e. The van der Waals surface area contributed by atoms with Gasteiger partial charge in [0.1, 0.15) is 0 Å². The zero-order valence-electron chi connectivity index (χ0n) is 15.1. The summed E-state index contributed by atoms with van der Waals surface area (Å²) >= 11 is 0. The SMILES string of the molecule is CC.CC.COC(=O)C(C)=C(c1ccccc1)c1ccccc1. The van der Waals surface area contributed by atoms with Gasteiger partial charge >= 0.3 is 5.97 Å². The number of hydrogen-bond donors (Lipinski definition) is 0. The lowest BCUT2D eigenvalue weighted by molar-refractivity contribution is -0.135. The maximum Gasteiger partial charge on any atom is 0.334 e. The lowest BCUT2D eigenvalue weighted by Crippen LogP contribution is -2.05. The molecule has 0 fully saturated rings. The molecule has 0 saturated heterocycles. The van der Waals surface area contributed by atoms with Crippen LogP contribution in [-0.4, -0.2) is 13.1 Å². The summed E-state index contributed by atoms with van der Waals surface area (Å²) in [6.07, 6.45) is 0. The number of esters is 1. The molecule has 2 aromatic carbocycles. The first-order valence-electron chi connectivity index (χ1n) is 8.14. The number of hydrogen-bond acceptors (Lipinski definition) is 2. The number of ether oxygens (including phenoxy) is 1. The van der Waals surface area contributed by atoms with Crippen LogP contribution in [-0.2, 0) is 9.53 Å². The number of carbonyl (C=O) groups excluding carboxylic acids is 1. The van der Waals surface area contributed by atoms with Crippen LogP contribution in [0.2, 0.25) is 0 Å². The van der Waals surface area contributed by atoms with E-state index in [-0.39, 0.29) is 5.97 Å². The van der Waals surface area contributed by atoms with Gasteiger partial charge in [-0.15, -0.1) is 0 Å². The van der Waals surface area contributed by atoms with Crippen molar-refractivity contribution in [2.75, 3.05) is 7.11 Å². The third kappa shape index (κ3) is 6.11. The van der Waals surface area contributed by atoms with Crippen molar-refractivity contribution < 1.29 is 9.53 Å². The Bertz CT molecular complexity index is 542. The number of benzene rings is 2. The van der Waals surface area contributed by atoms with Crippen molar-refractivity contribution >= 4 is 11.5 Å². The molecular formula is C21H28O2. The average molecular weight is 312 g/mol. The summed E-state index contributed by atoms with van der Waals surface area (Å²) in [5.41, 5.74) is 3.54. The monoisotopic (exact) mass is 312 g/mol. The molecule has 2 nitrogen and oxygen atoms in total. The molecule has 124 valence electrons. The molecule has 2 rings (SSSR count). The maximum atomic E-state index is 11.8. The fourth-order valence-electron chi connectivity index (χ4n) is 2.06. The molecule has 23 heavy (non-hydrogen) atoms. The second kappa shape index (κ2) is 12.2. The molecule has 0 aliphatic heterocycles. The van der Waals surface area contributed by atoms with E-state index in [2.05, 4.69) is 0 Å². The first-order chi connectivity index (χ1) is 11.2. The maximum absolute atomic E-state index is 11.8. The van der Waals surface area contributed by atoms with Crippen LogP contribution >= 0.6 is 0 Å². The van der Waals surface area contributed by atoms with Crippen molar-refractivity contribution in [3.63, 3.8) is 0 Å². The standard InChI is InChI=1S/C17H16O2.2C2H6/c1-13(17(18)19-2)16(14-9-5-3-6-10-14)15-11-7-4-8-12-15;2*1-2/h3-12H,1-2H3;2*1-2H3. The van der Waals surface area contributed by atoms with Gasteiger partial charge < -0.3 is 4.74 Å². The summed E-state index contributed by atoms with van der Waals surface area (Å²) in [6, 6.07) is 19.7. The second-order valence-electron chi connectivity index (χ2n) is 4.22. The quantitative estimate of drug-likeness (QED) is 0.534. The van der Waals surface area contributed by atoms with Crippen molar-refractivity contribution in [3.05, 3.63) is 77.4 Å². The van der Waals surface area contributed by atoms with Gasteiger partial charge in [-0.05, 0) is 23.6 Å². The average Bonchev–Trinajstić information content (AvgIpc) is 2.66. The van der Waals surface area contributed by atoms with Crippen LogP contribution < -0.4 is 0 Å². The van der Waals surface area contributed by atoms with Gasteiger partial charge in [-0.1, -0.05) is 88.4 Å². The van der Waals surface area contributed by atoms with Gasteiger partial charge in [0.2, 0.25) is 0 Å². The molecule has 0 unspecified atom stereocenters. The third-order valence-corrected chi connectivity index (χ3v) is 2.99. The molecule has 0 bridgehead atoms. The van der Waals surface area contributed by atoms with E-state index in [1.165, 1.54) is 7.11 Å². The van der Waals surface area contributed by atoms with Crippen molar-refractivity contribution in [1.29, 1.82) is 0 Å². The van der Waals surface area contributed by atoms with E-state index in [1.54, 1.807) is 6.92 Å². The molecular weight excluding hydrogens is 284 g/mol. The summed E-state index contributed by atoms with van der Waals surface area (Å²) in [7, 11) is 1.40. The van der Waals surface area contributed by atoms with Crippen molar-refractivity contribution in [2.24, 2.45) is 0 Å². The number of rotatable bonds is 3. The normalized spacial score (nSPS) is 8.61. The molecule has 2 heteroatoms. The predicted octanol–water partition coefficient (Wildman–Crippen LogP) is 5.73. The first kappa shape index (κ1) is 20.7. The summed E-state index contributed by atoms with van der Waals surface area (Å²) in [6.45, 7) is 9.79. The molecule has 0 aliphatic rings. The van der Waals surface area contributed by atoms with E-state index in [9.17, 15) is 4.79 Å². The van der Waals surface area contributed by atoms with Crippen LogP contribution in [0, 0.1) is 0 Å². The topological polar surface area (TPSA) is 26.3 Å². The Hall–Kier alpha value is -2.35. The minimum Gasteiger partial charge on any atom is -0.466 e. The number of carbonyl (C=O) groups is 1. The van der Waals surface area contributed by atoms with Crippen molar-refractivity contribution in [2.45, 2.75) is 34.6 Å². The summed E-state index contributed by atoms with van der Waals surface area (Å²) in [5, 5.41) is 0. The van der Waals surface area contributed by atoms with E-state index < -0.39 is 0 Å². The van der Waals surface area contributed by atoms with Gasteiger partial charge in [0.25, 0.3) is 0 Å².